The van der Waals surface area contributed by atoms with Crippen LogP contribution in [0.25, 0.3) is 5.95 Å². The summed E-state index contributed by atoms with van der Waals surface area (Å²) in [6, 6.07) is 1.85. The molecule has 2 rings (SSSR count). The van der Waals surface area contributed by atoms with Gasteiger partial charge in [-0.3, -0.25) is 0 Å². The monoisotopic (exact) mass is 275 g/mol. The van der Waals surface area contributed by atoms with Gasteiger partial charge in [-0.2, -0.15) is 20.1 Å². The van der Waals surface area contributed by atoms with E-state index in [1.165, 1.54) is 0 Å². The van der Waals surface area contributed by atoms with E-state index >= 15 is 0 Å². The SMILES string of the molecule is CCCNc1nc(N(C)CCC)nc(-n2cccn2)n1. The standard InChI is InChI=1S/C13H21N7/c1-4-7-14-11-16-12(19(3)9-5-2)18-13(17-11)20-10-6-8-15-20/h6,8,10H,4-5,7,9H2,1-3H3,(H,14,16,17,18). The number of aromatic nitrogens is 5. The average molecular weight is 275 g/mol. The molecule has 20 heavy (non-hydrogen) atoms. The molecule has 0 fully saturated rings. The summed E-state index contributed by atoms with van der Waals surface area (Å²) < 4.78 is 1.64. The first-order chi connectivity index (χ1) is 9.74. The summed E-state index contributed by atoms with van der Waals surface area (Å²) in [5.41, 5.74) is 0. The highest BCUT2D eigenvalue weighted by Gasteiger charge is 2.11. The van der Waals surface area contributed by atoms with Gasteiger partial charge in [0.1, 0.15) is 0 Å². The van der Waals surface area contributed by atoms with E-state index in [0.717, 1.165) is 25.9 Å². The predicted octanol–water partition coefficient (Wildman–Crippen LogP) is 1.73. The van der Waals surface area contributed by atoms with E-state index in [2.05, 4.69) is 39.2 Å². The molecule has 0 bridgehead atoms. The van der Waals surface area contributed by atoms with Crippen molar-refractivity contribution < 1.29 is 0 Å². The molecule has 2 aromatic rings. The molecule has 0 spiro atoms. The van der Waals surface area contributed by atoms with Gasteiger partial charge in [0.25, 0.3) is 5.95 Å². The van der Waals surface area contributed by atoms with Crippen molar-refractivity contribution in [1.82, 2.24) is 24.7 Å². The average Bonchev–Trinajstić information content (AvgIpc) is 2.99. The number of anilines is 2. The molecule has 0 amide bonds. The Morgan fingerprint density at radius 1 is 1.20 bits per heavy atom. The number of nitrogens with one attached hydrogen (secondary N) is 1. The van der Waals surface area contributed by atoms with Gasteiger partial charge in [0.05, 0.1) is 0 Å². The molecule has 0 saturated carbocycles. The van der Waals surface area contributed by atoms with Crippen molar-refractivity contribution in [2.45, 2.75) is 26.7 Å². The maximum atomic E-state index is 4.47. The van der Waals surface area contributed by atoms with E-state index in [1.807, 2.05) is 24.2 Å². The van der Waals surface area contributed by atoms with E-state index in [0.29, 0.717) is 17.8 Å². The minimum atomic E-state index is 0.529. The molecule has 0 aliphatic rings. The van der Waals surface area contributed by atoms with Gasteiger partial charge in [0.2, 0.25) is 11.9 Å². The summed E-state index contributed by atoms with van der Waals surface area (Å²) in [6.45, 7) is 5.96. The van der Waals surface area contributed by atoms with Gasteiger partial charge in [-0.25, -0.2) is 4.68 Å². The van der Waals surface area contributed by atoms with E-state index in [4.69, 9.17) is 0 Å². The van der Waals surface area contributed by atoms with Crippen LogP contribution in [0.15, 0.2) is 18.5 Å². The molecule has 0 unspecified atom stereocenters. The maximum absolute atomic E-state index is 4.47. The van der Waals surface area contributed by atoms with Gasteiger partial charge in [-0.1, -0.05) is 13.8 Å². The van der Waals surface area contributed by atoms with Gasteiger partial charge in [0, 0.05) is 32.5 Å². The fraction of sp³-hybridized carbons (Fsp3) is 0.538. The second kappa shape index (κ2) is 6.83. The molecule has 0 aromatic carbocycles. The fourth-order valence-corrected chi connectivity index (χ4v) is 1.77. The second-order valence-corrected chi connectivity index (χ2v) is 4.56. The molecule has 0 atom stereocenters. The molecule has 7 heteroatoms. The van der Waals surface area contributed by atoms with Gasteiger partial charge in [-0.15, -0.1) is 0 Å². The first-order valence-electron chi connectivity index (χ1n) is 6.95. The van der Waals surface area contributed by atoms with Crippen molar-refractivity contribution in [3.8, 4) is 5.95 Å². The van der Waals surface area contributed by atoms with Crippen LogP contribution >= 0.6 is 0 Å². The predicted molar refractivity (Wildman–Crippen MR) is 79.3 cm³/mol. The van der Waals surface area contributed by atoms with E-state index in [-0.39, 0.29) is 0 Å². The van der Waals surface area contributed by atoms with Crippen LogP contribution in [0.4, 0.5) is 11.9 Å². The van der Waals surface area contributed by atoms with Crippen LogP contribution in [-0.2, 0) is 0 Å². The van der Waals surface area contributed by atoms with Crippen LogP contribution in [0.2, 0.25) is 0 Å². The Hall–Kier alpha value is -2.18. The van der Waals surface area contributed by atoms with Crippen LogP contribution < -0.4 is 10.2 Å². The maximum Gasteiger partial charge on any atom is 0.257 e. The molecular formula is C13H21N7. The van der Waals surface area contributed by atoms with E-state index in [1.54, 1.807) is 10.9 Å². The third-order valence-corrected chi connectivity index (χ3v) is 2.75. The zero-order valence-electron chi connectivity index (χ0n) is 12.2. The van der Waals surface area contributed by atoms with Crippen molar-refractivity contribution in [3.05, 3.63) is 18.5 Å². The van der Waals surface area contributed by atoms with Crippen LogP contribution in [-0.4, -0.2) is 44.9 Å². The summed E-state index contributed by atoms with van der Waals surface area (Å²) in [5.74, 6) is 1.78. The molecule has 2 aromatic heterocycles. The third kappa shape index (κ3) is 3.43. The number of hydrogen-bond donors (Lipinski definition) is 1. The first-order valence-corrected chi connectivity index (χ1v) is 6.95. The zero-order chi connectivity index (χ0) is 14.4. The Bertz CT molecular complexity index is 524. The Balaban J connectivity index is 2.33. The van der Waals surface area contributed by atoms with Crippen molar-refractivity contribution in [2.24, 2.45) is 0 Å². The number of nitrogens with zero attached hydrogens (tertiary/aromatic N) is 6. The molecule has 0 saturated heterocycles. The molecule has 0 aliphatic heterocycles. The normalized spacial score (nSPS) is 10.6. The summed E-state index contributed by atoms with van der Waals surface area (Å²) in [5, 5.41) is 7.38. The Kier molecular flexibility index (Phi) is 4.86. The molecule has 0 radical (unpaired) electrons. The molecule has 1 N–H and O–H groups in total. The van der Waals surface area contributed by atoms with Crippen LogP contribution in [0, 0.1) is 0 Å². The summed E-state index contributed by atoms with van der Waals surface area (Å²) in [7, 11) is 1.98. The summed E-state index contributed by atoms with van der Waals surface area (Å²) in [4.78, 5) is 15.3. The fourth-order valence-electron chi connectivity index (χ4n) is 1.77. The van der Waals surface area contributed by atoms with Crippen LogP contribution in [0.3, 0.4) is 0 Å². The molecule has 7 nitrogen and oxygen atoms in total. The number of hydrogen-bond acceptors (Lipinski definition) is 6. The Morgan fingerprint density at radius 2 is 2.05 bits per heavy atom. The van der Waals surface area contributed by atoms with Gasteiger partial charge in [-0.05, 0) is 18.9 Å². The number of rotatable bonds is 7. The lowest BCUT2D eigenvalue weighted by Gasteiger charge is -2.17. The minimum absolute atomic E-state index is 0.529. The lowest BCUT2D eigenvalue weighted by atomic mass is 10.4. The van der Waals surface area contributed by atoms with Crippen molar-refractivity contribution >= 4 is 11.9 Å². The van der Waals surface area contributed by atoms with Crippen molar-refractivity contribution in [3.63, 3.8) is 0 Å². The smallest absolute Gasteiger partial charge is 0.257 e. The minimum Gasteiger partial charge on any atom is -0.354 e. The van der Waals surface area contributed by atoms with Crippen molar-refractivity contribution in [1.29, 1.82) is 0 Å². The quantitative estimate of drug-likeness (QED) is 0.829. The van der Waals surface area contributed by atoms with Gasteiger partial charge >= 0.3 is 0 Å². The van der Waals surface area contributed by atoms with Gasteiger partial charge in [0.15, 0.2) is 0 Å². The topological polar surface area (TPSA) is 71.8 Å². The van der Waals surface area contributed by atoms with Crippen LogP contribution in [0.1, 0.15) is 26.7 Å². The molecule has 2 heterocycles. The summed E-state index contributed by atoms with van der Waals surface area (Å²) in [6.07, 6.45) is 5.58. The van der Waals surface area contributed by atoms with E-state index < -0.39 is 0 Å². The van der Waals surface area contributed by atoms with Gasteiger partial charge < -0.3 is 10.2 Å². The highest BCUT2D eigenvalue weighted by Crippen LogP contribution is 2.12. The lowest BCUT2D eigenvalue weighted by molar-refractivity contribution is 0.763. The Morgan fingerprint density at radius 3 is 2.70 bits per heavy atom. The highest BCUT2D eigenvalue weighted by molar-refractivity contribution is 5.39. The molecule has 108 valence electrons. The van der Waals surface area contributed by atoms with Crippen molar-refractivity contribution in [2.75, 3.05) is 30.4 Å². The highest BCUT2D eigenvalue weighted by atomic mass is 15.4. The first kappa shape index (κ1) is 14.2. The Labute approximate surface area is 119 Å². The molecule has 0 aliphatic carbocycles. The van der Waals surface area contributed by atoms with E-state index in [9.17, 15) is 0 Å². The lowest BCUT2D eigenvalue weighted by Crippen LogP contribution is -2.22. The summed E-state index contributed by atoms with van der Waals surface area (Å²) >= 11 is 0. The zero-order valence-corrected chi connectivity index (χ0v) is 12.2. The second-order valence-electron chi connectivity index (χ2n) is 4.56. The molecular weight excluding hydrogens is 254 g/mol. The largest absolute Gasteiger partial charge is 0.354 e. The van der Waals surface area contributed by atoms with Crippen LogP contribution in [0.5, 0.6) is 0 Å². The third-order valence-electron chi connectivity index (χ3n) is 2.75.